The highest BCUT2D eigenvalue weighted by atomic mass is 32.2. The zero-order valence-electron chi connectivity index (χ0n) is 11.8. The zero-order valence-corrected chi connectivity index (χ0v) is 13.5. The molecule has 0 radical (unpaired) electrons. The first-order valence-electron chi connectivity index (χ1n) is 6.61. The SMILES string of the molecule is C=CCNC(=S)NNC(=O)CSc1cccc2cccnc12. The summed E-state index contributed by atoms with van der Waals surface area (Å²) in [5, 5.41) is 4.26. The number of para-hydroxylation sites is 1. The molecule has 0 fully saturated rings. The number of hydrazine groups is 1. The van der Waals surface area contributed by atoms with Crippen LogP contribution in [-0.2, 0) is 4.79 Å². The molecule has 1 aromatic heterocycles. The predicted octanol–water partition coefficient (Wildman–Crippen LogP) is 2.01. The van der Waals surface area contributed by atoms with Gasteiger partial charge in [-0.2, -0.15) is 0 Å². The van der Waals surface area contributed by atoms with Crippen molar-refractivity contribution in [2.24, 2.45) is 0 Å². The van der Waals surface area contributed by atoms with Gasteiger partial charge in [-0.25, -0.2) is 0 Å². The van der Waals surface area contributed by atoms with Crippen molar-refractivity contribution in [2.75, 3.05) is 12.3 Å². The molecule has 0 saturated heterocycles. The highest BCUT2D eigenvalue weighted by molar-refractivity contribution is 8.00. The van der Waals surface area contributed by atoms with Crippen molar-refractivity contribution in [3.63, 3.8) is 0 Å². The largest absolute Gasteiger partial charge is 0.358 e. The maximum absolute atomic E-state index is 11.8. The second-order valence-corrected chi connectivity index (χ2v) is 5.72. The summed E-state index contributed by atoms with van der Waals surface area (Å²) >= 11 is 6.41. The molecule has 5 nitrogen and oxygen atoms in total. The third kappa shape index (κ3) is 4.71. The van der Waals surface area contributed by atoms with E-state index in [0.717, 1.165) is 15.8 Å². The summed E-state index contributed by atoms with van der Waals surface area (Å²) in [7, 11) is 0. The molecule has 1 heterocycles. The van der Waals surface area contributed by atoms with Crippen molar-refractivity contribution in [2.45, 2.75) is 4.90 Å². The number of hydrogen-bond donors (Lipinski definition) is 3. The number of thiocarbonyl (C=S) groups is 1. The van der Waals surface area contributed by atoms with E-state index < -0.39 is 0 Å². The Labute approximate surface area is 138 Å². The van der Waals surface area contributed by atoms with Crippen LogP contribution in [0.5, 0.6) is 0 Å². The highest BCUT2D eigenvalue weighted by Gasteiger charge is 2.06. The first-order chi connectivity index (χ1) is 10.7. The number of benzene rings is 1. The fraction of sp³-hybridized carbons (Fsp3) is 0.133. The molecule has 2 rings (SSSR count). The number of hydrogen-bond acceptors (Lipinski definition) is 4. The minimum Gasteiger partial charge on any atom is -0.358 e. The minimum atomic E-state index is -0.166. The van der Waals surface area contributed by atoms with Gasteiger partial charge in [0, 0.05) is 23.0 Å². The second kappa shape index (κ2) is 8.35. The molecule has 3 N–H and O–H groups in total. The van der Waals surface area contributed by atoms with Crippen LogP contribution in [-0.4, -0.2) is 28.3 Å². The molecule has 0 unspecified atom stereocenters. The summed E-state index contributed by atoms with van der Waals surface area (Å²) in [5.41, 5.74) is 6.08. The number of nitrogens with one attached hydrogen (secondary N) is 3. The number of nitrogens with zero attached hydrogens (tertiary/aromatic N) is 1. The number of pyridine rings is 1. The van der Waals surface area contributed by atoms with Gasteiger partial charge in [0.25, 0.3) is 0 Å². The van der Waals surface area contributed by atoms with Gasteiger partial charge < -0.3 is 5.32 Å². The molecule has 0 spiro atoms. The summed E-state index contributed by atoms with van der Waals surface area (Å²) < 4.78 is 0. The minimum absolute atomic E-state index is 0.166. The Morgan fingerprint density at radius 3 is 2.95 bits per heavy atom. The van der Waals surface area contributed by atoms with Crippen LogP contribution in [0.15, 0.2) is 54.1 Å². The lowest BCUT2D eigenvalue weighted by molar-refractivity contribution is -0.119. The topological polar surface area (TPSA) is 66.0 Å². The summed E-state index contributed by atoms with van der Waals surface area (Å²) in [6.07, 6.45) is 3.43. The van der Waals surface area contributed by atoms with E-state index in [2.05, 4.69) is 27.7 Å². The maximum Gasteiger partial charge on any atom is 0.248 e. The van der Waals surface area contributed by atoms with Crippen molar-refractivity contribution in [1.82, 2.24) is 21.2 Å². The number of amides is 1. The lowest BCUT2D eigenvalue weighted by Crippen LogP contribution is -2.47. The maximum atomic E-state index is 11.8. The summed E-state index contributed by atoms with van der Waals surface area (Å²) in [6, 6.07) is 9.80. The lowest BCUT2D eigenvalue weighted by atomic mass is 10.2. The van der Waals surface area contributed by atoms with Crippen molar-refractivity contribution in [1.29, 1.82) is 0 Å². The van der Waals surface area contributed by atoms with Crippen LogP contribution in [0, 0.1) is 0 Å². The first kappa shape index (κ1) is 16.3. The fourth-order valence-electron chi connectivity index (χ4n) is 1.71. The van der Waals surface area contributed by atoms with Crippen molar-refractivity contribution in [3.05, 3.63) is 49.2 Å². The molecule has 114 valence electrons. The Kier molecular flexibility index (Phi) is 6.17. The van der Waals surface area contributed by atoms with E-state index in [9.17, 15) is 4.79 Å². The number of carbonyl (C=O) groups excluding carboxylic acids is 1. The average molecular weight is 332 g/mol. The van der Waals surface area contributed by atoms with E-state index in [4.69, 9.17) is 12.2 Å². The quantitative estimate of drug-likeness (QED) is 0.337. The molecule has 0 aliphatic heterocycles. The fourth-order valence-corrected chi connectivity index (χ4v) is 2.68. The van der Waals surface area contributed by atoms with Crippen LogP contribution >= 0.6 is 24.0 Å². The van der Waals surface area contributed by atoms with Crippen LogP contribution in [0.4, 0.5) is 0 Å². The molecule has 1 aromatic carbocycles. The third-order valence-electron chi connectivity index (χ3n) is 2.68. The number of aromatic nitrogens is 1. The van der Waals surface area contributed by atoms with Crippen LogP contribution in [0.25, 0.3) is 10.9 Å². The molecule has 1 amide bonds. The Morgan fingerprint density at radius 1 is 1.32 bits per heavy atom. The van der Waals surface area contributed by atoms with E-state index in [-0.39, 0.29) is 11.7 Å². The van der Waals surface area contributed by atoms with Gasteiger partial charge in [0.05, 0.1) is 11.3 Å². The van der Waals surface area contributed by atoms with Crippen molar-refractivity contribution < 1.29 is 4.79 Å². The summed E-state index contributed by atoms with van der Waals surface area (Å²) in [6.45, 7) is 4.11. The molecule has 0 aliphatic rings. The van der Waals surface area contributed by atoms with E-state index in [1.807, 2.05) is 30.3 Å². The van der Waals surface area contributed by atoms with Crippen molar-refractivity contribution >= 4 is 45.9 Å². The molecule has 0 bridgehead atoms. The molecule has 0 atom stereocenters. The smallest absolute Gasteiger partial charge is 0.248 e. The monoisotopic (exact) mass is 332 g/mol. The Morgan fingerprint density at radius 2 is 2.14 bits per heavy atom. The third-order valence-corrected chi connectivity index (χ3v) is 3.97. The molecule has 7 heteroatoms. The number of carbonyl (C=O) groups is 1. The Bertz CT molecular complexity index is 685. The van der Waals surface area contributed by atoms with E-state index in [0.29, 0.717) is 11.7 Å². The Balaban J connectivity index is 1.85. The number of rotatable bonds is 5. The lowest BCUT2D eigenvalue weighted by Gasteiger charge is -2.10. The van der Waals surface area contributed by atoms with Gasteiger partial charge in [-0.15, -0.1) is 18.3 Å². The number of fused-ring (bicyclic) bond motifs is 1. The molecule has 0 aliphatic carbocycles. The van der Waals surface area contributed by atoms with E-state index in [1.165, 1.54) is 11.8 Å². The first-order valence-corrected chi connectivity index (χ1v) is 8.00. The molecule has 2 aromatic rings. The van der Waals surface area contributed by atoms with E-state index in [1.54, 1.807) is 12.3 Å². The summed E-state index contributed by atoms with van der Waals surface area (Å²) in [5.74, 6) is 0.105. The van der Waals surface area contributed by atoms with Crippen molar-refractivity contribution in [3.8, 4) is 0 Å². The van der Waals surface area contributed by atoms with Crippen LogP contribution in [0.2, 0.25) is 0 Å². The highest BCUT2D eigenvalue weighted by Crippen LogP contribution is 2.25. The normalized spacial score (nSPS) is 10.0. The van der Waals surface area contributed by atoms with Crippen LogP contribution < -0.4 is 16.2 Å². The van der Waals surface area contributed by atoms with Gasteiger partial charge in [0.2, 0.25) is 5.91 Å². The van der Waals surface area contributed by atoms with Crippen LogP contribution in [0.1, 0.15) is 0 Å². The van der Waals surface area contributed by atoms with E-state index >= 15 is 0 Å². The Hall–Kier alpha value is -2.12. The van der Waals surface area contributed by atoms with Gasteiger partial charge in [-0.3, -0.25) is 20.6 Å². The second-order valence-electron chi connectivity index (χ2n) is 4.29. The van der Waals surface area contributed by atoms with Crippen LogP contribution in [0.3, 0.4) is 0 Å². The molecular weight excluding hydrogens is 316 g/mol. The average Bonchev–Trinajstić information content (AvgIpc) is 2.56. The zero-order chi connectivity index (χ0) is 15.8. The standard InChI is InChI=1S/C15H16N4OS2/c1-2-8-17-15(21)19-18-13(20)10-22-12-7-3-5-11-6-4-9-16-14(11)12/h2-7,9H,1,8,10H2,(H,18,20)(H2,17,19,21). The molecule has 22 heavy (non-hydrogen) atoms. The molecule has 0 saturated carbocycles. The summed E-state index contributed by atoms with van der Waals surface area (Å²) in [4.78, 5) is 17.1. The molecular formula is C15H16N4OS2. The van der Waals surface area contributed by atoms with Gasteiger partial charge in [-0.05, 0) is 24.4 Å². The number of thioether (sulfide) groups is 1. The van der Waals surface area contributed by atoms with Gasteiger partial charge in [0.15, 0.2) is 5.11 Å². The van der Waals surface area contributed by atoms with Gasteiger partial charge >= 0.3 is 0 Å². The predicted molar refractivity (Wildman–Crippen MR) is 94.5 cm³/mol. The van der Waals surface area contributed by atoms with Gasteiger partial charge in [-0.1, -0.05) is 24.3 Å². The van der Waals surface area contributed by atoms with Gasteiger partial charge in [0.1, 0.15) is 0 Å².